The zero-order valence-electron chi connectivity index (χ0n) is 17.8. The van der Waals surface area contributed by atoms with Crippen LogP contribution in [0, 0.1) is 13.8 Å². The zero-order valence-corrected chi connectivity index (χ0v) is 18.6. The third kappa shape index (κ3) is 4.21. The number of nitrogens with one attached hydrogen (secondary N) is 1. The molecular weight excluding hydrogens is 392 g/mol. The van der Waals surface area contributed by atoms with Gasteiger partial charge in [0.05, 0.1) is 23.3 Å². The zero-order chi connectivity index (χ0) is 21.1. The van der Waals surface area contributed by atoms with Gasteiger partial charge in [0.1, 0.15) is 0 Å². The molecule has 0 aliphatic heterocycles. The number of aryl methyl sites for hydroxylation is 2. The highest BCUT2D eigenvalue weighted by atomic mass is 32.1. The molecule has 154 valence electrons. The summed E-state index contributed by atoms with van der Waals surface area (Å²) in [7, 11) is 0. The molecule has 2 aromatic carbocycles. The van der Waals surface area contributed by atoms with Crippen LogP contribution in [0.25, 0.3) is 16.9 Å². The van der Waals surface area contributed by atoms with Crippen LogP contribution in [0.5, 0.6) is 0 Å². The highest BCUT2D eigenvalue weighted by molar-refractivity contribution is 7.14. The molecule has 0 spiro atoms. The molecular formula is C23H26N6S. The van der Waals surface area contributed by atoms with Gasteiger partial charge in [0.15, 0.2) is 5.13 Å². The van der Waals surface area contributed by atoms with Gasteiger partial charge in [0.25, 0.3) is 0 Å². The molecule has 0 saturated carbocycles. The van der Waals surface area contributed by atoms with Crippen molar-refractivity contribution in [2.45, 2.75) is 27.7 Å². The summed E-state index contributed by atoms with van der Waals surface area (Å²) >= 11 is 1.61. The summed E-state index contributed by atoms with van der Waals surface area (Å²) in [5.41, 5.74) is 7.44. The fourth-order valence-electron chi connectivity index (χ4n) is 3.37. The third-order valence-corrected chi connectivity index (χ3v) is 5.89. The Balaban J connectivity index is 1.53. The van der Waals surface area contributed by atoms with Crippen molar-refractivity contribution < 1.29 is 0 Å². The monoisotopic (exact) mass is 418 g/mol. The fourth-order valence-corrected chi connectivity index (χ4v) is 4.10. The summed E-state index contributed by atoms with van der Waals surface area (Å²) in [5.74, 6) is 0. The molecule has 0 unspecified atom stereocenters. The van der Waals surface area contributed by atoms with Crippen LogP contribution in [0.3, 0.4) is 0 Å². The first-order valence-electron chi connectivity index (χ1n) is 10.1. The van der Waals surface area contributed by atoms with E-state index in [0.717, 1.165) is 46.5 Å². The predicted molar refractivity (Wildman–Crippen MR) is 125 cm³/mol. The van der Waals surface area contributed by atoms with Crippen molar-refractivity contribution in [3.8, 4) is 16.9 Å². The Morgan fingerprint density at radius 2 is 1.80 bits per heavy atom. The summed E-state index contributed by atoms with van der Waals surface area (Å²) in [6, 6.07) is 14.8. The summed E-state index contributed by atoms with van der Waals surface area (Å²) in [6.45, 7) is 10.4. The fraction of sp³-hybridized carbons (Fsp3) is 0.261. The summed E-state index contributed by atoms with van der Waals surface area (Å²) in [5, 5.41) is 14.6. The standard InChI is InChI=1S/C23H26N6S/c1-5-28(6-2)20-10-7-16(3)21(13-20)24-23-25-22(15-30-23)18-8-11-19(12-9-18)29-14-17(4)26-27-29/h7-15H,5-6H2,1-4H3,(H,24,25). The predicted octanol–water partition coefficient (Wildman–Crippen LogP) is 5.60. The second kappa shape index (κ2) is 8.67. The van der Waals surface area contributed by atoms with Gasteiger partial charge in [0, 0.05) is 35.4 Å². The molecule has 0 radical (unpaired) electrons. The maximum absolute atomic E-state index is 4.80. The Bertz CT molecular complexity index is 1120. The van der Waals surface area contributed by atoms with Crippen LogP contribution in [-0.4, -0.2) is 33.1 Å². The molecule has 0 saturated heterocycles. The van der Waals surface area contributed by atoms with E-state index in [1.807, 2.05) is 25.3 Å². The van der Waals surface area contributed by atoms with E-state index in [0.29, 0.717) is 0 Å². The highest BCUT2D eigenvalue weighted by Gasteiger charge is 2.09. The Morgan fingerprint density at radius 3 is 2.47 bits per heavy atom. The van der Waals surface area contributed by atoms with Gasteiger partial charge in [-0.05, 0) is 57.5 Å². The lowest BCUT2D eigenvalue weighted by Gasteiger charge is -2.22. The molecule has 0 aliphatic carbocycles. The van der Waals surface area contributed by atoms with Crippen LogP contribution in [0.4, 0.5) is 16.5 Å². The first-order chi connectivity index (χ1) is 14.6. The quantitative estimate of drug-likeness (QED) is 0.423. The second-order valence-corrected chi connectivity index (χ2v) is 8.04. The Labute approximate surface area is 181 Å². The average Bonchev–Trinajstić information content (AvgIpc) is 3.40. The molecule has 4 rings (SSSR count). The van der Waals surface area contributed by atoms with E-state index < -0.39 is 0 Å². The summed E-state index contributed by atoms with van der Waals surface area (Å²) in [6.07, 6.45) is 1.91. The SMILES string of the molecule is CCN(CC)c1ccc(C)c(Nc2nc(-c3ccc(-n4cc(C)nn4)cc3)cs2)c1. The molecule has 7 heteroatoms. The molecule has 1 N–H and O–H groups in total. The van der Waals surface area contributed by atoms with E-state index in [-0.39, 0.29) is 0 Å². The van der Waals surface area contributed by atoms with E-state index in [4.69, 9.17) is 4.98 Å². The number of hydrogen-bond acceptors (Lipinski definition) is 6. The van der Waals surface area contributed by atoms with Gasteiger partial charge in [-0.1, -0.05) is 23.4 Å². The topological polar surface area (TPSA) is 58.9 Å². The normalized spacial score (nSPS) is 10.9. The molecule has 2 heterocycles. The minimum Gasteiger partial charge on any atom is -0.372 e. The third-order valence-electron chi connectivity index (χ3n) is 5.13. The van der Waals surface area contributed by atoms with Crippen molar-refractivity contribution in [2.24, 2.45) is 0 Å². The van der Waals surface area contributed by atoms with Gasteiger partial charge < -0.3 is 10.2 Å². The number of rotatable bonds is 7. The van der Waals surface area contributed by atoms with Gasteiger partial charge in [0.2, 0.25) is 0 Å². The lowest BCUT2D eigenvalue weighted by Crippen LogP contribution is -2.21. The number of anilines is 3. The molecule has 0 fully saturated rings. The summed E-state index contributed by atoms with van der Waals surface area (Å²) < 4.78 is 1.78. The average molecular weight is 419 g/mol. The van der Waals surface area contributed by atoms with Crippen molar-refractivity contribution in [3.05, 3.63) is 65.3 Å². The minimum atomic E-state index is 0.890. The number of aromatic nitrogens is 4. The van der Waals surface area contributed by atoms with Crippen molar-refractivity contribution in [1.82, 2.24) is 20.0 Å². The van der Waals surface area contributed by atoms with Gasteiger partial charge >= 0.3 is 0 Å². The first-order valence-corrected chi connectivity index (χ1v) is 11.0. The molecule has 30 heavy (non-hydrogen) atoms. The van der Waals surface area contributed by atoms with E-state index >= 15 is 0 Å². The molecule has 2 aromatic heterocycles. The van der Waals surface area contributed by atoms with Crippen molar-refractivity contribution in [1.29, 1.82) is 0 Å². The van der Waals surface area contributed by atoms with Crippen LogP contribution >= 0.6 is 11.3 Å². The molecule has 6 nitrogen and oxygen atoms in total. The van der Waals surface area contributed by atoms with Crippen LogP contribution in [0.2, 0.25) is 0 Å². The van der Waals surface area contributed by atoms with Gasteiger partial charge in [-0.3, -0.25) is 0 Å². The van der Waals surface area contributed by atoms with Crippen LogP contribution < -0.4 is 10.2 Å². The lowest BCUT2D eigenvalue weighted by molar-refractivity contribution is 0.801. The minimum absolute atomic E-state index is 0.890. The van der Waals surface area contributed by atoms with E-state index in [1.165, 1.54) is 11.3 Å². The van der Waals surface area contributed by atoms with Crippen molar-refractivity contribution >= 4 is 27.8 Å². The smallest absolute Gasteiger partial charge is 0.187 e. The van der Waals surface area contributed by atoms with Gasteiger partial charge in [-0.15, -0.1) is 16.4 Å². The van der Waals surface area contributed by atoms with E-state index in [1.54, 1.807) is 16.0 Å². The Morgan fingerprint density at radius 1 is 1.03 bits per heavy atom. The Hall–Kier alpha value is -3.19. The molecule has 0 bridgehead atoms. The summed E-state index contributed by atoms with van der Waals surface area (Å²) in [4.78, 5) is 7.14. The van der Waals surface area contributed by atoms with Gasteiger partial charge in [-0.2, -0.15) is 0 Å². The molecule has 0 aliphatic rings. The van der Waals surface area contributed by atoms with Crippen molar-refractivity contribution in [3.63, 3.8) is 0 Å². The molecule has 4 aromatic rings. The second-order valence-electron chi connectivity index (χ2n) is 7.19. The lowest BCUT2D eigenvalue weighted by atomic mass is 10.1. The van der Waals surface area contributed by atoms with Crippen LogP contribution in [0.1, 0.15) is 25.1 Å². The maximum atomic E-state index is 4.80. The van der Waals surface area contributed by atoms with E-state index in [2.05, 4.69) is 77.0 Å². The van der Waals surface area contributed by atoms with Crippen LogP contribution in [-0.2, 0) is 0 Å². The molecule has 0 amide bonds. The first kappa shape index (κ1) is 20.1. The van der Waals surface area contributed by atoms with Gasteiger partial charge in [-0.25, -0.2) is 9.67 Å². The number of thiazole rings is 1. The maximum Gasteiger partial charge on any atom is 0.187 e. The number of nitrogens with zero attached hydrogens (tertiary/aromatic N) is 5. The Kier molecular flexibility index (Phi) is 5.81. The highest BCUT2D eigenvalue weighted by Crippen LogP contribution is 2.30. The van der Waals surface area contributed by atoms with Crippen LogP contribution in [0.15, 0.2) is 54.0 Å². The number of benzene rings is 2. The number of hydrogen-bond donors (Lipinski definition) is 1. The largest absolute Gasteiger partial charge is 0.372 e. The van der Waals surface area contributed by atoms with E-state index in [9.17, 15) is 0 Å². The van der Waals surface area contributed by atoms with Crippen molar-refractivity contribution in [2.75, 3.05) is 23.3 Å². The molecule has 0 atom stereocenters.